The molecule has 0 atom stereocenters. The molecule has 0 bridgehead atoms. The standard InChI is InChI=1S/C18H14Cl2N2O2/c1-10-12-4-2-3-5-14(12)22-15(17(10)20)9-24-16-7-6-11(19)8-13(16)18(21)23/h2-8H,9H2,1H3,(H2,21,23). The van der Waals surface area contributed by atoms with Crippen molar-refractivity contribution in [2.45, 2.75) is 13.5 Å². The highest BCUT2D eigenvalue weighted by Crippen LogP contribution is 2.29. The number of primary amides is 1. The van der Waals surface area contributed by atoms with Gasteiger partial charge in [0, 0.05) is 10.4 Å². The largest absolute Gasteiger partial charge is 0.486 e. The van der Waals surface area contributed by atoms with Crippen molar-refractivity contribution in [3.63, 3.8) is 0 Å². The molecule has 4 nitrogen and oxygen atoms in total. The Balaban J connectivity index is 1.94. The highest BCUT2D eigenvalue weighted by molar-refractivity contribution is 6.32. The van der Waals surface area contributed by atoms with Gasteiger partial charge < -0.3 is 10.5 Å². The number of carbonyl (C=O) groups excluding carboxylic acids is 1. The molecule has 0 aliphatic carbocycles. The molecular formula is C18H14Cl2N2O2. The second-order valence-corrected chi connectivity index (χ2v) is 6.12. The second-order valence-electron chi connectivity index (χ2n) is 5.31. The van der Waals surface area contributed by atoms with Gasteiger partial charge in [0.1, 0.15) is 12.4 Å². The van der Waals surface area contributed by atoms with E-state index in [1.54, 1.807) is 12.1 Å². The zero-order valence-electron chi connectivity index (χ0n) is 12.8. The number of hydrogen-bond donors (Lipinski definition) is 1. The molecule has 3 rings (SSSR count). The van der Waals surface area contributed by atoms with Crippen molar-refractivity contribution in [2.24, 2.45) is 5.73 Å². The minimum absolute atomic E-state index is 0.117. The number of nitrogens with two attached hydrogens (primary N) is 1. The van der Waals surface area contributed by atoms with Crippen LogP contribution in [0, 0.1) is 6.92 Å². The van der Waals surface area contributed by atoms with Gasteiger partial charge in [0.2, 0.25) is 0 Å². The molecule has 6 heteroatoms. The van der Waals surface area contributed by atoms with Gasteiger partial charge in [-0.2, -0.15) is 0 Å². The maximum absolute atomic E-state index is 11.5. The minimum Gasteiger partial charge on any atom is -0.486 e. The number of para-hydroxylation sites is 1. The number of aryl methyl sites for hydroxylation is 1. The van der Waals surface area contributed by atoms with E-state index in [0.717, 1.165) is 16.5 Å². The Morgan fingerprint density at radius 2 is 1.96 bits per heavy atom. The number of amides is 1. The summed E-state index contributed by atoms with van der Waals surface area (Å²) in [6.07, 6.45) is 0. The third-order valence-corrected chi connectivity index (χ3v) is 4.45. The Morgan fingerprint density at radius 3 is 2.71 bits per heavy atom. The molecule has 0 aliphatic rings. The molecule has 0 saturated heterocycles. The molecule has 0 aliphatic heterocycles. The fourth-order valence-electron chi connectivity index (χ4n) is 2.48. The molecule has 122 valence electrons. The zero-order chi connectivity index (χ0) is 17.3. The lowest BCUT2D eigenvalue weighted by atomic mass is 10.1. The van der Waals surface area contributed by atoms with Crippen LogP contribution in [0.15, 0.2) is 42.5 Å². The van der Waals surface area contributed by atoms with Gasteiger partial charge in [-0.15, -0.1) is 0 Å². The van der Waals surface area contributed by atoms with Crippen LogP contribution in [0.4, 0.5) is 0 Å². The summed E-state index contributed by atoms with van der Waals surface area (Å²) in [5.41, 5.74) is 7.95. The molecular weight excluding hydrogens is 347 g/mol. The highest BCUT2D eigenvalue weighted by Gasteiger charge is 2.14. The summed E-state index contributed by atoms with van der Waals surface area (Å²) in [6, 6.07) is 12.4. The Labute approximate surface area is 149 Å². The number of halogens is 2. The summed E-state index contributed by atoms with van der Waals surface area (Å²) in [5.74, 6) is -0.267. The van der Waals surface area contributed by atoms with Gasteiger partial charge in [0.05, 0.1) is 21.8 Å². The predicted octanol–water partition coefficient (Wildman–Crippen LogP) is 4.53. The molecule has 0 spiro atoms. The van der Waals surface area contributed by atoms with E-state index in [-0.39, 0.29) is 12.2 Å². The van der Waals surface area contributed by atoms with Crippen LogP contribution in [0.2, 0.25) is 10.0 Å². The maximum Gasteiger partial charge on any atom is 0.252 e. The monoisotopic (exact) mass is 360 g/mol. The molecule has 1 amide bonds. The predicted molar refractivity (Wildman–Crippen MR) is 95.8 cm³/mol. The molecule has 1 heterocycles. The van der Waals surface area contributed by atoms with Crippen LogP contribution in [-0.4, -0.2) is 10.9 Å². The van der Waals surface area contributed by atoms with Crippen LogP contribution in [0.25, 0.3) is 10.9 Å². The highest BCUT2D eigenvalue weighted by atomic mass is 35.5. The molecule has 24 heavy (non-hydrogen) atoms. The van der Waals surface area contributed by atoms with Crippen LogP contribution in [-0.2, 0) is 6.61 Å². The summed E-state index contributed by atoms with van der Waals surface area (Å²) in [5, 5.41) is 1.95. The van der Waals surface area contributed by atoms with Gasteiger partial charge in [-0.05, 0) is 36.8 Å². The van der Waals surface area contributed by atoms with Gasteiger partial charge in [0.15, 0.2) is 0 Å². The van der Waals surface area contributed by atoms with Gasteiger partial charge in [-0.25, -0.2) is 4.98 Å². The molecule has 0 saturated carbocycles. The lowest BCUT2D eigenvalue weighted by Crippen LogP contribution is -2.13. The number of carbonyl (C=O) groups is 1. The number of nitrogens with zero attached hydrogens (tertiary/aromatic N) is 1. The topological polar surface area (TPSA) is 65.2 Å². The third-order valence-electron chi connectivity index (χ3n) is 3.72. The molecule has 1 aromatic heterocycles. The molecule has 0 unspecified atom stereocenters. The quantitative estimate of drug-likeness (QED) is 0.743. The number of ether oxygens (including phenoxy) is 1. The maximum atomic E-state index is 11.5. The number of aromatic nitrogens is 1. The molecule has 3 aromatic rings. The van der Waals surface area contributed by atoms with E-state index < -0.39 is 5.91 Å². The Hall–Kier alpha value is -2.30. The van der Waals surface area contributed by atoms with E-state index in [1.165, 1.54) is 6.07 Å². The van der Waals surface area contributed by atoms with Crippen LogP contribution >= 0.6 is 23.2 Å². The van der Waals surface area contributed by atoms with Gasteiger partial charge in [-0.3, -0.25) is 4.79 Å². The summed E-state index contributed by atoms with van der Waals surface area (Å²) in [4.78, 5) is 16.1. The number of pyridine rings is 1. The van der Waals surface area contributed by atoms with E-state index >= 15 is 0 Å². The molecule has 0 radical (unpaired) electrons. The minimum atomic E-state index is -0.610. The average Bonchev–Trinajstić information content (AvgIpc) is 2.57. The smallest absolute Gasteiger partial charge is 0.252 e. The first-order valence-electron chi connectivity index (χ1n) is 7.23. The van der Waals surface area contributed by atoms with Crippen molar-refractivity contribution >= 4 is 40.0 Å². The van der Waals surface area contributed by atoms with E-state index in [9.17, 15) is 4.79 Å². The summed E-state index contributed by atoms with van der Waals surface area (Å²) in [6.45, 7) is 2.05. The first-order valence-corrected chi connectivity index (χ1v) is 7.99. The summed E-state index contributed by atoms with van der Waals surface area (Å²) < 4.78 is 5.72. The van der Waals surface area contributed by atoms with E-state index in [1.807, 2.05) is 31.2 Å². The van der Waals surface area contributed by atoms with Crippen LogP contribution in [0.5, 0.6) is 5.75 Å². The Kier molecular flexibility index (Phi) is 4.60. The lowest BCUT2D eigenvalue weighted by Gasteiger charge is -2.13. The van der Waals surface area contributed by atoms with E-state index in [2.05, 4.69) is 4.98 Å². The van der Waals surface area contributed by atoms with Crippen molar-refractivity contribution in [1.29, 1.82) is 0 Å². The van der Waals surface area contributed by atoms with Gasteiger partial charge in [0.25, 0.3) is 5.91 Å². The third kappa shape index (κ3) is 3.16. The lowest BCUT2D eigenvalue weighted by molar-refractivity contribution is 0.0996. The van der Waals surface area contributed by atoms with Crippen LogP contribution in [0.1, 0.15) is 21.6 Å². The number of benzene rings is 2. The van der Waals surface area contributed by atoms with Gasteiger partial charge in [-0.1, -0.05) is 41.4 Å². The van der Waals surface area contributed by atoms with E-state index in [0.29, 0.717) is 21.5 Å². The molecule has 0 fully saturated rings. The fraction of sp³-hybridized carbons (Fsp3) is 0.111. The molecule has 2 aromatic carbocycles. The van der Waals surface area contributed by atoms with E-state index in [4.69, 9.17) is 33.7 Å². The SMILES string of the molecule is Cc1c(Cl)c(COc2ccc(Cl)cc2C(N)=O)nc2ccccc12. The number of rotatable bonds is 4. The van der Waals surface area contributed by atoms with Crippen LogP contribution < -0.4 is 10.5 Å². The normalized spacial score (nSPS) is 10.8. The first-order chi connectivity index (χ1) is 11.5. The fourth-order valence-corrected chi connectivity index (χ4v) is 2.85. The number of fused-ring (bicyclic) bond motifs is 1. The molecule has 2 N–H and O–H groups in total. The zero-order valence-corrected chi connectivity index (χ0v) is 14.4. The second kappa shape index (κ2) is 6.67. The first kappa shape index (κ1) is 16.6. The van der Waals surface area contributed by atoms with Crippen molar-refractivity contribution < 1.29 is 9.53 Å². The van der Waals surface area contributed by atoms with Crippen LogP contribution in [0.3, 0.4) is 0 Å². The number of hydrogen-bond acceptors (Lipinski definition) is 3. The van der Waals surface area contributed by atoms with Crippen molar-refractivity contribution in [3.05, 3.63) is 69.3 Å². The van der Waals surface area contributed by atoms with Crippen molar-refractivity contribution in [1.82, 2.24) is 4.98 Å². The summed E-state index contributed by atoms with van der Waals surface area (Å²) in [7, 11) is 0. The average molecular weight is 361 g/mol. The van der Waals surface area contributed by atoms with Crippen molar-refractivity contribution in [3.8, 4) is 5.75 Å². The Bertz CT molecular complexity index is 942. The Morgan fingerprint density at radius 1 is 1.21 bits per heavy atom. The van der Waals surface area contributed by atoms with Crippen molar-refractivity contribution in [2.75, 3.05) is 0 Å². The van der Waals surface area contributed by atoms with Gasteiger partial charge >= 0.3 is 0 Å². The summed E-state index contributed by atoms with van der Waals surface area (Å²) >= 11 is 12.3.